The van der Waals surface area contributed by atoms with Gasteiger partial charge in [0.05, 0.1) is 11.1 Å². The van der Waals surface area contributed by atoms with Crippen molar-refractivity contribution in [2.45, 2.75) is 25.2 Å². The van der Waals surface area contributed by atoms with E-state index >= 15 is 0 Å². The lowest BCUT2D eigenvalue weighted by molar-refractivity contribution is -0.118. The molecule has 0 spiro atoms. The topological polar surface area (TPSA) is 68.0 Å². The van der Waals surface area contributed by atoms with Crippen LogP contribution in [0.3, 0.4) is 0 Å². The van der Waals surface area contributed by atoms with E-state index < -0.39 is 0 Å². The fraction of sp³-hybridized carbons (Fsp3) is 0.286. The van der Waals surface area contributed by atoms with Crippen LogP contribution in [0.2, 0.25) is 0 Å². The monoisotopic (exact) mass is 273 g/mol. The van der Waals surface area contributed by atoms with Crippen LogP contribution in [0.15, 0.2) is 29.6 Å². The number of thiazole rings is 1. The van der Waals surface area contributed by atoms with Crippen LogP contribution < -0.4 is 11.1 Å². The van der Waals surface area contributed by atoms with E-state index in [1.807, 2.05) is 36.6 Å². The van der Waals surface area contributed by atoms with Gasteiger partial charge in [0, 0.05) is 11.1 Å². The molecule has 3 N–H and O–H groups in total. The molecule has 1 heterocycles. The molecule has 1 aliphatic carbocycles. The molecule has 0 aliphatic heterocycles. The minimum absolute atomic E-state index is 0.0339. The lowest BCUT2D eigenvalue weighted by Crippen LogP contribution is -2.27. The highest BCUT2D eigenvalue weighted by atomic mass is 32.1. The minimum Gasteiger partial charge on any atom is -0.399 e. The second-order valence-electron chi connectivity index (χ2n) is 4.95. The molecule has 1 aromatic carbocycles. The van der Waals surface area contributed by atoms with E-state index in [-0.39, 0.29) is 11.3 Å². The third kappa shape index (κ3) is 2.21. The molecule has 3 rings (SSSR count). The summed E-state index contributed by atoms with van der Waals surface area (Å²) in [6.45, 7) is 1.92. The highest BCUT2D eigenvalue weighted by Crippen LogP contribution is 2.49. The first-order chi connectivity index (χ1) is 9.10. The maximum atomic E-state index is 12.4. The summed E-state index contributed by atoms with van der Waals surface area (Å²) in [6, 6.07) is 7.57. The van der Waals surface area contributed by atoms with E-state index in [1.165, 1.54) is 11.3 Å². The Morgan fingerprint density at radius 3 is 2.58 bits per heavy atom. The molecule has 1 aromatic heterocycles. The molecule has 0 bridgehead atoms. The van der Waals surface area contributed by atoms with Crippen LogP contribution in [0, 0.1) is 6.92 Å². The zero-order chi connectivity index (χ0) is 13.5. The predicted octanol–water partition coefficient (Wildman–Crippen LogP) is 2.70. The van der Waals surface area contributed by atoms with E-state index in [0.29, 0.717) is 5.13 Å². The van der Waals surface area contributed by atoms with Crippen molar-refractivity contribution in [2.75, 3.05) is 11.1 Å². The van der Waals surface area contributed by atoms with Gasteiger partial charge in [0.25, 0.3) is 0 Å². The third-order valence-electron chi connectivity index (χ3n) is 3.49. The number of benzene rings is 1. The highest BCUT2D eigenvalue weighted by Gasteiger charge is 2.51. The number of carbonyl (C=O) groups excluding carboxylic acids is 1. The summed E-state index contributed by atoms with van der Waals surface area (Å²) in [5.74, 6) is 0.0339. The normalized spacial score (nSPS) is 16.1. The van der Waals surface area contributed by atoms with Gasteiger partial charge in [-0.05, 0) is 37.5 Å². The number of aryl methyl sites for hydroxylation is 1. The molecule has 2 aromatic rings. The summed E-state index contributed by atoms with van der Waals surface area (Å²) in [5.41, 5.74) is 7.98. The van der Waals surface area contributed by atoms with Gasteiger partial charge < -0.3 is 11.1 Å². The Kier molecular flexibility index (Phi) is 2.78. The number of nitrogens with two attached hydrogens (primary N) is 1. The van der Waals surface area contributed by atoms with Crippen LogP contribution in [-0.2, 0) is 10.2 Å². The van der Waals surface area contributed by atoms with Crippen molar-refractivity contribution < 1.29 is 4.79 Å². The van der Waals surface area contributed by atoms with E-state index in [1.54, 1.807) is 0 Å². The Morgan fingerprint density at radius 1 is 1.37 bits per heavy atom. The molecule has 0 atom stereocenters. The Hall–Kier alpha value is -1.88. The first-order valence-corrected chi connectivity index (χ1v) is 7.08. The number of carbonyl (C=O) groups is 1. The fourth-order valence-electron chi connectivity index (χ4n) is 2.20. The van der Waals surface area contributed by atoms with E-state index in [9.17, 15) is 4.79 Å². The molecule has 98 valence electrons. The number of hydrogen-bond acceptors (Lipinski definition) is 4. The number of hydrogen-bond donors (Lipinski definition) is 2. The molecule has 1 amide bonds. The van der Waals surface area contributed by atoms with Gasteiger partial charge in [-0.15, -0.1) is 11.3 Å². The largest absolute Gasteiger partial charge is 0.399 e. The quantitative estimate of drug-likeness (QED) is 0.845. The number of anilines is 2. The van der Waals surface area contributed by atoms with E-state index in [4.69, 9.17) is 5.73 Å². The second kappa shape index (κ2) is 4.35. The lowest BCUT2D eigenvalue weighted by atomic mass is 9.95. The van der Waals surface area contributed by atoms with Crippen LogP contribution in [0.25, 0.3) is 0 Å². The Balaban J connectivity index is 1.81. The minimum atomic E-state index is -0.382. The van der Waals surface area contributed by atoms with Crippen LogP contribution in [-0.4, -0.2) is 10.9 Å². The number of nitrogens with one attached hydrogen (secondary N) is 1. The second-order valence-corrected chi connectivity index (χ2v) is 5.81. The SMILES string of the molecule is Cc1csc(NC(=O)C2(c3ccc(N)cc3)CC2)n1. The molecule has 4 nitrogen and oxygen atoms in total. The van der Waals surface area contributed by atoms with Crippen molar-refractivity contribution in [3.8, 4) is 0 Å². The summed E-state index contributed by atoms with van der Waals surface area (Å²) in [7, 11) is 0. The average molecular weight is 273 g/mol. The van der Waals surface area contributed by atoms with Gasteiger partial charge in [-0.25, -0.2) is 4.98 Å². The van der Waals surface area contributed by atoms with Crippen molar-refractivity contribution in [2.24, 2.45) is 0 Å². The first-order valence-electron chi connectivity index (χ1n) is 6.20. The number of aromatic nitrogens is 1. The van der Waals surface area contributed by atoms with Crippen molar-refractivity contribution in [3.05, 3.63) is 40.9 Å². The number of amides is 1. The highest BCUT2D eigenvalue weighted by molar-refractivity contribution is 7.13. The number of nitrogens with zero attached hydrogens (tertiary/aromatic N) is 1. The first kappa shape index (κ1) is 12.2. The maximum absolute atomic E-state index is 12.4. The molecular weight excluding hydrogens is 258 g/mol. The van der Waals surface area contributed by atoms with Crippen molar-refractivity contribution in [1.29, 1.82) is 0 Å². The molecule has 1 saturated carbocycles. The molecule has 0 radical (unpaired) electrons. The van der Waals surface area contributed by atoms with Gasteiger partial charge in [0.2, 0.25) is 5.91 Å². The van der Waals surface area contributed by atoms with Crippen LogP contribution in [0.4, 0.5) is 10.8 Å². The van der Waals surface area contributed by atoms with E-state index in [2.05, 4.69) is 10.3 Å². The van der Waals surface area contributed by atoms with Crippen LogP contribution in [0.1, 0.15) is 24.1 Å². The van der Waals surface area contributed by atoms with Gasteiger partial charge in [0.1, 0.15) is 0 Å². The molecule has 0 saturated heterocycles. The average Bonchev–Trinajstić information content (AvgIpc) is 3.10. The molecule has 0 unspecified atom stereocenters. The fourth-order valence-corrected chi connectivity index (χ4v) is 2.89. The molecule has 19 heavy (non-hydrogen) atoms. The van der Waals surface area contributed by atoms with Crippen molar-refractivity contribution in [1.82, 2.24) is 4.98 Å². The van der Waals surface area contributed by atoms with Gasteiger partial charge in [-0.2, -0.15) is 0 Å². The maximum Gasteiger partial charge on any atom is 0.236 e. The summed E-state index contributed by atoms with van der Waals surface area (Å²) < 4.78 is 0. The third-order valence-corrected chi connectivity index (χ3v) is 4.36. The number of nitrogen functional groups attached to an aromatic ring is 1. The van der Waals surface area contributed by atoms with Gasteiger partial charge in [0.15, 0.2) is 5.13 Å². The Morgan fingerprint density at radius 2 is 2.05 bits per heavy atom. The van der Waals surface area contributed by atoms with Gasteiger partial charge in [-0.3, -0.25) is 4.79 Å². The standard InChI is InChI=1S/C14H15N3OS/c1-9-8-19-13(16-9)17-12(18)14(6-7-14)10-2-4-11(15)5-3-10/h2-5,8H,6-7,15H2,1H3,(H,16,17,18). The summed E-state index contributed by atoms with van der Waals surface area (Å²) >= 11 is 1.46. The Labute approximate surface area is 115 Å². The smallest absolute Gasteiger partial charge is 0.236 e. The molecular formula is C14H15N3OS. The summed E-state index contributed by atoms with van der Waals surface area (Å²) in [4.78, 5) is 16.7. The molecule has 5 heteroatoms. The van der Waals surface area contributed by atoms with Crippen LogP contribution >= 0.6 is 11.3 Å². The van der Waals surface area contributed by atoms with Crippen molar-refractivity contribution >= 4 is 28.1 Å². The van der Waals surface area contributed by atoms with Crippen LogP contribution in [0.5, 0.6) is 0 Å². The summed E-state index contributed by atoms with van der Waals surface area (Å²) in [5, 5.41) is 5.52. The zero-order valence-corrected chi connectivity index (χ0v) is 11.5. The summed E-state index contributed by atoms with van der Waals surface area (Å²) in [6.07, 6.45) is 1.76. The number of rotatable bonds is 3. The molecule has 1 aliphatic rings. The van der Waals surface area contributed by atoms with Crippen molar-refractivity contribution in [3.63, 3.8) is 0 Å². The molecule has 1 fully saturated rings. The zero-order valence-electron chi connectivity index (χ0n) is 10.6. The van der Waals surface area contributed by atoms with Gasteiger partial charge >= 0.3 is 0 Å². The Bertz CT molecular complexity index is 614. The lowest BCUT2D eigenvalue weighted by Gasteiger charge is -2.14. The van der Waals surface area contributed by atoms with E-state index in [0.717, 1.165) is 29.8 Å². The van der Waals surface area contributed by atoms with Gasteiger partial charge in [-0.1, -0.05) is 12.1 Å². The predicted molar refractivity (Wildman–Crippen MR) is 77.2 cm³/mol.